The summed E-state index contributed by atoms with van der Waals surface area (Å²) in [5, 5.41) is 12.1. The van der Waals surface area contributed by atoms with Crippen LogP contribution in [0.15, 0.2) is 43.0 Å². The van der Waals surface area contributed by atoms with Gasteiger partial charge in [-0.05, 0) is 36.7 Å². The molecule has 1 rings (SSSR count). The molecule has 0 unspecified atom stereocenters. The van der Waals surface area contributed by atoms with Gasteiger partial charge in [-0.15, -0.1) is 6.58 Å². The molecule has 0 radical (unpaired) electrons. The summed E-state index contributed by atoms with van der Waals surface area (Å²) in [6.07, 6.45) is 5.06. The molecule has 0 aliphatic carbocycles. The van der Waals surface area contributed by atoms with E-state index in [0.717, 1.165) is 4.74 Å². The first kappa shape index (κ1) is 24.1. The topological polar surface area (TPSA) is 61.6 Å². The lowest BCUT2D eigenvalue weighted by Gasteiger charge is -2.38. The Bertz CT molecular complexity index is 650. The maximum Gasteiger partial charge on any atom is 0.338 e. The average Bonchev–Trinajstić information content (AvgIpc) is 2.64. The third-order valence-electron chi connectivity index (χ3n) is 5.07. The summed E-state index contributed by atoms with van der Waals surface area (Å²) in [6, 6.07) is 8.88. The zero-order valence-electron chi connectivity index (χ0n) is 17.9. The van der Waals surface area contributed by atoms with Crippen molar-refractivity contribution in [3.8, 4) is 0 Å². The Balaban J connectivity index is 2.32. The van der Waals surface area contributed by atoms with Gasteiger partial charge in [0.05, 0.1) is 18.3 Å². The van der Waals surface area contributed by atoms with Crippen LogP contribution in [0.1, 0.15) is 50.4 Å². The molecule has 6 heteroatoms. The number of ether oxygens (including phenoxy) is 1. The van der Waals surface area contributed by atoms with E-state index < -0.39 is 8.32 Å². The summed E-state index contributed by atoms with van der Waals surface area (Å²) in [4.78, 5) is 11.8. The highest BCUT2D eigenvalue weighted by molar-refractivity contribution is 6.74. The van der Waals surface area contributed by atoms with E-state index >= 15 is 0 Å². The van der Waals surface area contributed by atoms with E-state index in [4.69, 9.17) is 9.16 Å². The van der Waals surface area contributed by atoms with Crippen LogP contribution in [0.25, 0.3) is 0 Å². The Kier molecular flexibility index (Phi) is 9.62. The van der Waals surface area contributed by atoms with Gasteiger partial charge < -0.3 is 14.4 Å². The lowest BCUT2D eigenvalue weighted by Crippen LogP contribution is -2.43. The molecular formula is C22H35NO4Si. The van der Waals surface area contributed by atoms with Crippen molar-refractivity contribution in [3.05, 3.63) is 53.8 Å². The number of nitrogens with zero attached hydrogens (tertiary/aromatic N) is 1. The van der Waals surface area contributed by atoms with Crippen LogP contribution in [0.3, 0.4) is 0 Å². The maximum absolute atomic E-state index is 12.0. The molecule has 1 aromatic carbocycles. The minimum atomic E-state index is -1.89. The van der Waals surface area contributed by atoms with Crippen molar-refractivity contribution < 1.29 is 18.7 Å². The normalized spacial score (nSPS) is 13.8. The minimum Gasteiger partial charge on any atom is -0.624 e. The molecule has 1 atom stereocenters. The molecule has 0 aromatic heterocycles. The second-order valence-corrected chi connectivity index (χ2v) is 13.2. The van der Waals surface area contributed by atoms with E-state index in [2.05, 4.69) is 40.4 Å². The van der Waals surface area contributed by atoms with Crippen LogP contribution in [-0.2, 0) is 9.16 Å². The number of hydrogen-bond donors (Lipinski definition) is 0. The lowest BCUT2D eigenvalue weighted by atomic mass is 10.2. The number of esters is 1. The van der Waals surface area contributed by atoms with Gasteiger partial charge in [0.25, 0.3) is 0 Å². The van der Waals surface area contributed by atoms with Crippen LogP contribution in [0.4, 0.5) is 0 Å². The fraction of sp³-hybridized carbons (Fsp3) is 0.545. The highest BCUT2D eigenvalue weighted by atomic mass is 28.4. The molecule has 0 saturated heterocycles. The van der Waals surface area contributed by atoms with Gasteiger partial charge in [0.15, 0.2) is 21.1 Å². The lowest BCUT2D eigenvalue weighted by molar-refractivity contribution is -0.455. The first-order valence-electron chi connectivity index (χ1n) is 9.86. The molecule has 0 fully saturated rings. The van der Waals surface area contributed by atoms with Gasteiger partial charge in [-0.1, -0.05) is 45.0 Å². The van der Waals surface area contributed by atoms with Gasteiger partial charge in [-0.25, -0.2) is 9.53 Å². The molecule has 0 amide bonds. The van der Waals surface area contributed by atoms with E-state index in [9.17, 15) is 10.0 Å². The van der Waals surface area contributed by atoms with Crippen LogP contribution >= 0.6 is 0 Å². The molecule has 0 saturated carbocycles. The van der Waals surface area contributed by atoms with Crippen molar-refractivity contribution in [1.29, 1.82) is 0 Å². The second-order valence-electron chi connectivity index (χ2n) is 8.41. The molecule has 5 nitrogen and oxygen atoms in total. The van der Waals surface area contributed by atoms with Crippen LogP contribution in [0.5, 0.6) is 0 Å². The van der Waals surface area contributed by atoms with E-state index in [1.165, 1.54) is 0 Å². The Labute approximate surface area is 170 Å². The molecule has 156 valence electrons. The third kappa shape index (κ3) is 8.40. The zero-order valence-corrected chi connectivity index (χ0v) is 18.9. The van der Waals surface area contributed by atoms with Gasteiger partial charge in [0.2, 0.25) is 0 Å². The van der Waals surface area contributed by atoms with Crippen molar-refractivity contribution in [3.63, 3.8) is 0 Å². The summed E-state index contributed by atoms with van der Waals surface area (Å²) in [5.41, 5.74) is 0.536. The molecule has 0 heterocycles. The molecule has 0 aliphatic rings. The van der Waals surface area contributed by atoms with Gasteiger partial charge in [-0.3, -0.25) is 0 Å². The number of hydrogen-bond acceptors (Lipinski definition) is 4. The summed E-state index contributed by atoms with van der Waals surface area (Å²) in [6.45, 7) is 15.5. The van der Waals surface area contributed by atoms with Crippen molar-refractivity contribution in [1.82, 2.24) is 0 Å². The van der Waals surface area contributed by atoms with Crippen LogP contribution in [0.2, 0.25) is 18.1 Å². The molecule has 0 spiro atoms. The highest BCUT2D eigenvalue weighted by Crippen LogP contribution is 2.37. The number of hydroxylamine groups is 1. The van der Waals surface area contributed by atoms with E-state index in [-0.39, 0.29) is 17.1 Å². The summed E-state index contributed by atoms with van der Waals surface area (Å²) in [5.74, 6) is -0.337. The molecule has 28 heavy (non-hydrogen) atoms. The van der Waals surface area contributed by atoms with Crippen molar-refractivity contribution in [2.75, 3.05) is 13.2 Å². The zero-order chi connectivity index (χ0) is 21.2. The fourth-order valence-electron chi connectivity index (χ4n) is 2.27. The largest absolute Gasteiger partial charge is 0.624 e. The standard InChI is InChI=1S/C22H35NO4Si/c1-7-20(27-28(5,6)22(2,3)4)15-17-23(25)16-11-12-18-26-21(24)19-13-9-8-10-14-19/h7-10,13-14,16,20H,1,11-12,15,17-18H2,2-6H3/b23-16-/t20-/m0/s1. The maximum atomic E-state index is 12.0. The van der Waals surface area contributed by atoms with Crippen LogP contribution in [-0.4, -0.2) is 44.5 Å². The van der Waals surface area contributed by atoms with Gasteiger partial charge >= 0.3 is 5.97 Å². The average molecular weight is 406 g/mol. The molecule has 0 N–H and O–H groups in total. The minimum absolute atomic E-state index is 0.113. The Morgan fingerprint density at radius 3 is 2.50 bits per heavy atom. The molecule has 0 bridgehead atoms. The van der Waals surface area contributed by atoms with E-state index in [1.807, 2.05) is 6.07 Å². The summed E-state index contributed by atoms with van der Waals surface area (Å²) >= 11 is 0. The van der Waals surface area contributed by atoms with Crippen molar-refractivity contribution in [2.24, 2.45) is 0 Å². The first-order chi connectivity index (χ1) is 13.1. The van der Waals surface area contributed by atoms with Crippen molar-refractivity contribution in [2.45, 2.75) is 64.3 Å². The number of carbonyl (C=O) groups is 1. The van der Waals surface area contributed by atoms with E-state index in [1.54, 1.807) is 36.6 Å². The van der Waals surface area contributed by atoms with Gasteiger partial charge in [0.1, 0.15) is 0 Å². The smallest absolute Gasteiger partial charge is 0.338 e. The number of rotatable bonds is 11. The highest BCUT2D eigenvalue weighted by Gasteiger charge is 2.38. The summed E-state index contributed by atoms with van der Waals surface area (Å²) in [7, 11) is -1.89. The molecule has 0 aliphatic heterocycles. The number of carbonyl (C=O) groups excluding carboxylic acids is 1. The molecular weight excluding hydrogens is 370 g/mol. The van der Waals surface area contributed by atoms with Gasteiger partial charge in [-0.2, -0.15) is 0 Å². The van der Waals surface area contributed by atoms with Crippen molar-refractivity contribution >= 4 is 20.5 Å². The Hall–Kier alpha value is -1.92. The molecule has 1 aromatic rings. The monoisotopic (exact) mass is 405 g/mol. The Morgan fingerprint density at radius 1 is 1.29 bits per heavy atom. The van der Waals surface area contributed by atoms with Crippen LogP contribution < -0.4 is 0 Å². The Morgan fingerprint density at radius 2 is 1.93 bits per heavy atom. The predicted molar refractivity (Wildman–Crippen MR) is 117 cm³/mol. The quantitative estimate of drug-likeness (QED) is 0.0744. The second kappa shape index (κ2) is 11.2. The van der Waals surface area contributed by atoms with E-state index in [0.29, 0.717) is 38.0 Å². The van der Waals surface area contributed by atoms with Crippen LogP contribution in [0, 0.1) is 5.21 Å². The third-order valence-corrected chi connectivity index (χ3v) is 9.58. The first-order valence-corrected chi connectivity index (χ1v) is 12.8. The summed E-state index contributed by atoms with van der Waals surface area (Å²) < 4.78 is 12.4. The predicted octanol–water partition coefficient (Wildman–Crippen LogP) is 5.17. The SMILES string of the molecule is C=C[C@@H](CC/[N+]([O-])=C/CCCOC(=O)c1ccccc1)O[Si](C)(C)C(C)(C)C. The number of benzene rings is 1. The van der Waals surface area contributed by atoms with Gasteiger partial charge in [0, 0.05) is 12.8 Å². The number of unbranched alkanes of at least 4 members (excludes halogenated alkanes) is 1. The fourth-order valence-corrected chi connectivity index (χ4v) is 3.59.